The first kappa shape index (κ1) is 13.2. The number of nitrogens with zero attached hydrogens (tertiary/aromatic N) is 1. The standard InChI is InChI=1S/C14H14BrFN2/c1-17-13(14-12(16)6-3-7-18-14)9-10-4-2-5-11(15)8-10/h2-8,13,17H,9H2,1H3. The first-order valence-electron chi connectivity index (χ1n) is 5.73. The highest BCUT2D eigenvalue weighted by Gasteiger charge is 2.15. The third-order valence-corrected chi connectivity index (χ3v) is 3.29. The molecule has 0 fully saturated rings. The van der Waals surface area contributed by atoms with E-state index in [9.17, 15) is 4.39 Å². The molecule has 1 aromatic carbocycles. The van der Waals surface area contributed by atoms with Gasteiger partial charge in [0.2, 0.25) is 0 Å². The molecule has 0 radical (unpaired) electrons. The highest BCUT2D eigenvalue weighted by Crippen LogP contribution is 2.20. The van der Waals surface area contributed by atoms with Gasteiger partial charge in [-0.1, -0.05) is 28.1 Å². The summed E-state index contributed by atoms with van der Waals surface area (Å²) in [6, 6.07) is 10.9. The second-order valence-electron chi connectivity index (χ2n) is 4.05. The normalized spacial score (nSPS) is 12.4. The van der Waals surface area contributed by atoms with Gasteiger partial charge in [-0.15, -0.1) is 0 Å². The van der Waals surface area contributed by atoms with Crippen molar-refractivity contribution in [3.8, 4) is 0 Å². The van der Waals surface area contributed by atoms with E-state index in [1.807, 2.05) is 31.3 Å². The van der Waals surface area contributed by atoms with Crippen LogP contribution in [-0.2, 0) is 6.42 Å². The molecule has 18 heavy (non-hydrogen) atoms. The highest BCUT2D eigenvalue weighted by molar-refractivity contribution is 9.10. The fourth-order valence-corrected chi connectivity index (χ4v) is 2.34. The van der Waals surface area contributed by atoms with Crippen LogP contribution in [0.3, 0.4) is 0 Å². The number of nitrogens with one attached hydrogen (secondary N) is 1. The first-order chi connectivity index (χ1) is 8.70. The average Bonchev–Trinajstić information content (AvgIpc) is 2.37. The van der Waals surface area contributed by atoms with E-state index in [4.69, 9.17) is 0 Å². The van der Waals surface area contributed by atoms with E-state index in [1.165, 1.54) is 6.07 Å². The average molecular weight is 309 g/mol. The minimum Gasteiger partial charge on any atom is -0.311 e. The number of pyridine rings is 1. The molecule has 0 amide bonds. The smallest absolute Gasteiger partial charge is 0.146 e. The Kier molecular flexibility index (Phi) is 4.44. The van der Waals surface area contributed by atoms with E-state index in [0.717, 1.165) is 10.0 Å². The number of benzene rings is 1. The summed E-state index contributed by atoms with van der Waals surface area (Å²) in [6.07, 6.45) is 2.31. The molecule has 0 spiro atoms. The van der Waals surface area contributed by atoms with Crippen LogP contribution in [-0.4, -0.2) is 12.0 Å². The Hall–Kier alpha value is -1.26. The molecule has 0 bridgehead atoms. The number of hydrogen-bond donors (Lipinski definition) is 1. The van der Waals surface area contributed by atoms with Crippen molar-refractivity contribution in [1.82, 2.24) is 10.3 Å². The lowest BCUT2D eigenvalue weighted by Gasteiger charge is -2.16. The molecule has 1 atom stereocenters. The van der Waals surface area contributed by atoms with E-state index >= 15 is 0 Å². The van der Waals surface area contributed by atoms with Gasteiger partial charge in [0, 0.05) is 10.7 Å². The van der Waals surface area contributed by atoms with Crippen LogP contribution in [0.25, 0.3) is 0 Å². The molecule has 0 aliphatic heterocycles. The van der Waals surface area contributed by atoms with Crippen LogP contribution in [0, 0.1) is 5.82 Å². The zero-order valence-electron chi connectivity index (χ0n) is 10.0. The third-order valence-electron chi connectivity index (χ3n) is 2.79. The first-order valence-corrected chi connectivity index (χ1v) is 6.52. The van der Waals surface area contributed by atoms with Crippen LogP contribution in [0.15, 0.2) is 47.1 Å². The molecule has 1 aromatic heterocycles. The lowest BCUT2D eigenvalue weighted by Crippen LogP contribution is -2.21. The van der Waals surface area contributed by atoms with Crippen molar-refractivity contribution in [2.75, 3.05) is 7.05 Å². The summed E-state index contributed by atoms with van der Waals surface area (Å²) in [5, 5.41) is 3.11. The molecular weight excluding hydrogens is 295 g/mol. The molecule has 2 aromatic rings. The Morgan fingerprint density at radius 3 is 2.83 bits per heavy atom. The van der Waals surface area contributed by atoms with Crippen LogP contribution >= 0.6 is 15.9 Å². The lowest BCUT2D eigenvalue weighted by atomic mass is 10.0. The second-order valence-corrected chi connectivity index (χ2v) is 4.96. The summed E-state index contributed by atoms with van der Waals surface area (Å²) in [7, 11) is 1.82. The van der Waals surface area contributed by atoms with Gasteiger partial charge in [0.05, 0.1) is 11.7 Å². The topological polar surface area (TPSA) is 24.9 Å². The van der Waals surface area contributed by atoms with Crippen LogP contribution in [0.5, 0.6) is 0 Å². The van der Waals surface area contributed by atoms with Crippen molar-refractivity contribution < 1.29 is 4.39 Å². The maximum atomic E-state index is 13.7. The van der Waals surface area contributed by atoms with Crippen molar-refractivity contribution >= 4 is 15.9 Å². The molecule has 4 heteroatoms. The van der Waals surface area contributed by atoms with Gasteiger partial charge in [0.25, 0.3) is 0 Å². The van der Waals surface area contributed by atoms with Crippen LogP contribution in [0.1, 0.15) is 17.3 Å². The number of hydrogen-bond acceptors (Lipinski definition) is 2. The molecule has 0 aliphatic rings. The van der Waals surface area contributed by atoms with Gasteiger partial charge in [0.15, 0.2) is 0 Å². The van der Waals surface area contributed by atoms with E-state index in [2.05, 4.69) is 26.2 Å². The van der Waals surface area contributed by atoms with E-state index in [-0.39, 0.29) is 11.9 Å². The summed E-state index contributed by atoms with van der Waals surface area (Å²) in [6.45, 7) is 0. The molecule has 1 heterocycles. The maximum Gasteiger partial charge on any atom is 0.146 e. The van der Waals surface area contributed by atoms with Gasteiger partial charge in [-0.2, -0.15) is 0 Å². The van der Waals surface area contributed by atoms with Crippen LogP contribution in [0.2, 0.25) is 0 Å². The number of rotatable bonds is 4. The SMILES string of the molecule is CNC(Cc1cccc(Br)c1)c1ncccc1F. The molecule has 1 N–H and O–H groups in total. The van der Waals surface area contributed by atoms with Crippen molar-refractivity contribution in [3.05, 3.63) is 64.1 Å². The predicted octanol–water partition coefficient (Wildman–Crippen LogP) is 3.49. The van der Waals surface area contributed by atoms with Crippen molar-refractivity contribution in [3.63, 3.8) is 0 Å². The molecule has 0 aliphatic carbocycles. The summed E-state index contributed by atoms with van der Waals surface area (Å²) >= 11 is 3.43. The molecular formula is C14H14BrFN2. The maximum absolute atomic E-state index is 13.7. The fourth-order valence-electron chi connectivity index (χ4n) is 1.89. The van der Waals surface area contributed by atoms with Crippen molar-refractivity contribution in [2.45, 2.75) is 12.5 Å². The van der Waals surface area contributed by atoms with Crippen LogP contribution in [0.4, 0.5) is 4.39 Å². The minimum atomic E-state index is -0.271. The number of aromatic nitrogens is 1. The number of likely N-dealkylation sites (N-methyl/N-ethyl adjacent to an activating group) is 1. The Balaban J connectivity index is 2.23. The summed E-state index contributed by atoms with van der Waals surface area (Å²) in [5.41, 5.74) is 1.59. The minimum absolute atomic E-state index is 0.125. The molecule has 1 unspecified atom stereocenters. The lowest BCUT2D eigenvalue weighted by molar-refractivity contribution is 0.517. The summed E-state index contributed by atoms with van der Waals surface area (Å²) in [4.78, 5) is 4.12. The zero-order chi connectivity index (χ0) is 13.0. The van der Waals surface area contributed by atoms with Crippen LogP contribution < -0.4 is 5.32 Å². The Morgan fingerprint density at radius 1 is 1.33 bits per heavy atom. The van der Waals surface area contributed by atoms with Crippen molar-refractivity contribution in [1.29, 1.82) is 0 Å². The van der Waals surface area contributed by atoms with Gasteiger partial charge in [-0.3, -0.25) is 4.98 Å². The monoisotopic (exact) mass is 308 g/mol. The third kappa shape index (κ3) is 3.15. The van der Waals surface area contributed by atoms with Gasteiger partial charge < -0.3 is 5.32 Å². The quantitative estimate of drug-likeness (QED) is 0.935. The second kappa shape index (κ2) is 6.07. The Bertz CT molecular complexity index is 531. The van der Waals surface area contributed by atoms with Gasteiger partial charge in [-0.25, -0.2) is 4.39 Å². The summed E-state index contributed by atoms with van der Waals surface area (Å²) < 4.78 is 14.7. The molecule has 0 saturated carbocycles. The predicted molar refractivity (Wildman–Crippen MR) is 73.8 cm³/mol. The van der Waals surface area contributed by atoms with Gasteiger partial charge in [-0.05, 0) is 43.3 Å². The van der Waals surface area contributed by atoms with Crippen molar-refractivity contribution in [2.24, 2.45) is 0 Å². The Labute approximate surface area is 114 Å². The van der Waals surface area contributed by atoms with E-state index in [1.54, 1.807) is 12.3 Å². The molecule has 94 valence electrons. The largest absolute Gasteiger partial charge is 0.311 e. The van der Waals surface area contributed by atoms with E-state index in [0.29, 0.717) is 12.1 Å². The summed E-state index contributed by atoms with van der Waals surface area (Å²) in [5.74, 6) is -0.271. The molecule has 2 nitrogen and oxygen atoms in total. The number of halogens is 2. The van der Waals surface area contributed by atoms with Gasteiger partial charge in [0.1, 0.15) is 5.82 Å². The van der Waals surface area contributed by atoms with Gasteiger partial charge >= 0.3 is 0 Å². The fraction of sp³-hybridized carbons (Fsp3) is 0.214. The molecule has 0 saturated heterocycles. The zero-order valence-corrected chi connectivity index (χ0v) is 11.6. The van der Waals surface area contributed by atoms with E-state index < -0.39 is 0 Å². The Morgan fingerprint density at radius 2 is 2.17 bits per heavy atom. The molecule has 2 rings (SSSR count). The highest BCUT2D eigenvalue weighted by atomic mass is 79.9.